The van der Waals surface area contributed by atoms with Gasteiger partial charge in [0, 0.05) is 51.1 Å². The summed E-state index contributed by atoms with van der Waals surface area (Å²) < 4.78 is 0. The lowest BCUT2D eigenvalue weighted by atomic mass is 9.97. The molecule has 0 fully saturated rings. The number of fused-ring (bicyclic) bond motifs is 6. The Morgan fingerprint density at radius 1 is 0.569 bits per heavy atom. The third kappa shape index (κ3) is 5.06. The van der Waals surface area contributed by atoms with Crippen LogP contribution in [0.2, 0.25) is 13.1 Å². The van der Waals surface area contributed by atoms with Crippen LogP contribution in [0.15, 0.2) is 140 Å². The first-order valence-electron chi connectivity index (χ1n) is 17.3. The van der Waals surface area contributed by atoms with Crippen LogP contribution in [0.4, 0.5) is 5.69 Å². The summed E-state index contributed by atoms with van der Waals surface area (Å²) in [4.78, 5) is 20.5. The van der Waals surface area contributed by atoms with E-state index in [2.05, 4.69) is 104 Å². The molecule has 51 heavy (non-hydrogen) atoms. The van der Waals surface area contributed by atoms with Gasteiger partial charge in [-0.1, -0.05) is 116 Å². The maximum absolute atomic E-state index is 6.38. The van der Waals surface area contributed by atoms with E-state index in [0.29, 0.717) is 0 Å². The number of benzene rings is 5. The predicted octanol–water partition coefficient (Wildman–Crippen LogP) is 9.66. The van der Waals surface area contributed by atoms with Gasteiger partial charge in [0.05, 0.1) is 34.3 Å². The number of pyridine rings is 2. The number of nitrogens with two attached hydrogens (primary N) is 1. The Labute approximate surface area is 298 Å². The molecule has 5 nitrogen and oxygen atoms in total. The third-order valence-corrected chi connectivity index (χ3v) is 13.8. The zero-order valence-corrected chi connectivity index (χ0v) is 29.7. The van der Waals surface area contributed by atoms with Crippen molar-refractivity contribution in [2.24, 2.45) is 0 Å². The number of anilines is 1. The van der Waals surface area contributed by atoms with Gasteiger partial charge in [-0.2, -0.15) is 0 Å². The van der Waals surface area contributed by atoms with Crippen LogP contribution in [0, 0.1) is 0 Å². The summed E-state index contributed by atoms with van der Waals surface area (Å²) in [5, 5.41) is 4.91. The summed E-state index contributed by atoms with van der Waals surface area (Å²) in [5.74, 6) is 0. The van der Waals surface area contributed by atoms with Crippen molar-refractivity contribution in [1.29, 1.82) is 0 Å². The van der Waals surface area contributed by atoms with Gasteiger partial charge < -0.3 is 5.73 Å². The molecule has 5 aromatic carbocycles. The third-order valence-electron chi connectivity index (χ3n) is 10.2. The minimum absolute atomic E-state index is 0.730. The van der Waals surface area contributed by atoms with Crippen LogP contribution in [0.1, 0.15) is 12.5 Å². The van der Waals surface area contributed by atoms with Gasteiger partial charge in [-0.15, -0.1) is 0 Å². The van der Waals surface area contributed by atoms with Crippen molar-refractivity contribution in [3.63, 3.8) is 0 Å². The Bertz CT molecular complexity index is 2700. The van der Waals surface area contributed by atoms with E-state index in [9.17, 15) is 0 Å². The van der Waals surface area contributed by atoms with Crippen LogP contribution < -0.4 is 16.1 Å². The van der Waals surface area contributed by atoms with E-state index in [-0.39, 0.29) is 0 Å². The van der Waals surface area contributed by atoms with Gasteiger partial charge in [-0.05, 0) is 63.8 Å². The molecular formula is C45H35N5Si. The van der Waals surface area contributed by atoms with Crippen molar-refractivity contribution in [1.82, 2.24) is 19.9 Å². The molecule has 0 radical (unpaired) electrons. The smallest absolute Gasteiger partial charge is 0.114 e. The van der Waals surface area contributed by atoms with E-state index < -0.39 is 8.07 Å². The molecule has 0 bridgehead atoms. The summed E-state index contributed by atoms with van der Waals surface area (Å²) in [6.45, 7) is 6.89. The van der Waals surface area contributed by atoms with Crippen molar-refractivity contribution in [2.75, 3.05) is 5.73 Å². The van der Waals surface area contributed by atoms with Gasteiger partial charge in [0.25, 0.3) is 0 Å². The maximum Gasteiger partial charge on any atom is 0.114 e. The predicted molar refractivity (Wildman–Crippen MR) is 216 cm³/mol. The SMILES string of the molecule is C/C=C\c1cc(-c2ncc(-c3cnc4c(ccc5cc(-c6ccccc6)cnc54)c3)nc2-c2cccc3c2[Si](C)(C)c2ccccc2-3)ccc1N. The number of rotatable bonds is 5. The van der Waals surface area contributed by atoms with Gasteiger partial charge in [-0.25, -0.2) is 4.98 Å². The zero-order valence-electron chi connectivity index (χ0n) is 28.7. The Balaban J connectivity index is 1.22. The molecule has 0 unspecified atom stereocenters. The Morgan fingerprint density at radius 2 is 1.25 bits per heavy atom. The number of hydrogen-bond acceptors (Lipinski definition) is 5. The van der Waals surface area contributed by atoms with Crippen molar-refractivity contribution in [2.45, 2.75) is 20.0 Å². The fraction of sp³-hybridized carbons (Fsp3) is 0.0667. The molecule has 1 aliphatic heterocycles. The van der Waals surface area contributed by atoms with E-state index in [1.165, 1.54) is 21.5 Å². The first-order valence-corrected chi connectivity index (χ1v) is 20.3. The van der Waals surface area contributed by atoms with Gasteiger partial charge >= 0.3 is 0 Å². The number of hydrogen-bond donors (Lipinski definition) is 1. The van der Waals surface area contributed by atoms with Gasteiger partial charge in [-0.3, -0.25) is 15.0 Å². The molecule has 9 rings (SSSR count). The molecule has 0 aliphatic carbocycles. The van der Waals surface area contributed by atoms with E-state index in [1.807, 2.05) is 61.9 Å². The highest BCUT2D eigenvalue weighted by Crippen LogP contribution is 2.38. The lowest BCUT2D eigenvalue weighted by molar-refractivity contribution is 1.21. The minimum Gasteiger partial charge on any atom is -0.398 e. The molecular weight excluding hydrogens is 639 g/mol. The van der Waals surface area contributed by atoms with Crippen LogP contribution in [0.3, 0.4) is 0 Å². The fourth-order valence-electron chi connectivity index (χ4n) is 7.74. The average molecular weight is 674 g/mol. The average Bonchev–Trinajstić information content (AvgIpc) is 3.41. The van der Waals surface area contributed by atoms with Gasteiger partial charge in [0.1, 0.15) is 8.07 Å². The molecule has 0 saturated carbocycles. The summed E-state index contributed by atoms with van der Waals surface area (Å²) in [5.41, 5.74) is 20.2. The Morgan fingerprint density at radius 3 is 2.04 bits per heavy atom. The van der Waals surface area contributed by atoms with Crippen LogP contribution in [-0.2, 0) is 0 Å². The molecule has 0 saturated heterocycles. The molecule has 4 heterocycles. The zero-order chi connectivity index (χ0) is 34.7. The van der Waals surface area contributed by atoms with Crippen molar-refractivity contribution in [3.8, 4) is 56.0 Å². The van der Waals surface area contributed by atoms with Crippen LogP contribution in [0.25, 0.3) is 83.9 Å². The lowest BCUT2D eigenvalue weighted by Gasteiger charge is -2.23. The van der Waals surface area contributed by atoms with Crippen molar-refractivity contribution >= 4 is 52.0 Å². The topological polar surface area (TPSA) is 77.6 Å². The van der Waals surface area contributed by atoms with Crippen LogP contribution >= 0.6 is 0 Å². The molecule has 6 heteroatoms. The fourth-order valence-corrected chi connectivity index (χ4v) is 11.2. The quantitative estimate of drug-likeness (QED) is 0.112. The molecule has 0 spiro atoms. The molecule has 2 N–H and O–H groups in total. The second-order valence-electron chi connectivity index (χ2n) is 13.7. The lowest BCUT2D eigenvalue weighted by Crippen LogP contribution is -2.50. The van der Waals surface area contributed by atoms with Crippen LogP contribution in [0.5, 0.6) is 0 Å². The summed E-state index contributed by atoms with van der Waals surface area (Å²) >= 11 is 0. The van der Waals surface area contributed by atoms with Crippen molar-refractivity contribution < 1.29 is 0 Å². The standard InChI is InChI=1S/C45H35N5Si/c1-4-11-29-22-32(20-21-38(29)46)43-44(37-16-10-15-36-35-14-8-9-17-40(35)51(2,3)45(36)37)50-39(27-49-43)34-24-31-19-18-30-23-33(28-12-6-5-7-13-28)25-47-41(30)42(31)48-26-34/h4-27H,46H2,1-3H3/b11-4-. The minimum atomic E-state index is -2.07. The molecule has 8 aromatic rings. The number of nitrogens with zero attached hydrogens (tertiary/aromatic N) is 4. The number of nitrogen functional groups attached to an aromatic ring is 1. The molecule has 3 aromatic heterocycles. The highest BCUT2D eigenvalue weighted by Gasteiger charge is 2.40. The van der Waals surface area contributed by atoms with E-state index in [1.54, 1.807) is 0 Å². The number of aromatic nitrogens is 4. The second-order valence-corrected chi connectivity index (χ2v) is 18.0. The second kappa shape index (κ2) is 12.0. The number of allylic oxidation sites excluding steroid dienone is 1. The van der Waals surface area contributed by atoms with Gasteiger partial charge in [0.2, 0.25) is 0 Å². The largest absolute Gasteiger partial charge is 0.398 e. The van der Waals surface area contributed by atoms with Crippen LogP contribution in [-0.4, -0.2) is 28.0 Å². The normalized spacial score (nSPS) is 13.2. The first-order chi connectivity index (χ1) is 24.9. The Hall–Kier alpha value is -6.24. The molecule has 1 aliphatic rings. The van der Waals surface area contributed by atoms with E-state index >= 15 is 0 Å². The molecule has 0 atom stereocenters. The first kappa shape index (κ1) is 30.8. The summed E-state index contributed by atoms with van der Waals surface area (Å²) in [7, 11) is -2.07. The molecule has 244 valence electrons. The van der Waals surface area contributed by atoms with Crippen molar-refractivity contribution in [3.05, 3.63) is 145 Å². The van der Waals surface area contributed by atoms with Gasteiger partial charge in [0.15, 0.2) is 0 Å². The monoisotopic (exact) mass is 673 g/mol. The highest BCUT2D eigenvalue weighted by molar-refractivity contribution is 7.04. The highest BCUT2D eigenvalue weighted by atomic mass is 28.3. The van der Waals surface area contributed by atoms with E-state index in [4.69, 9.17) is 25.7 Å². The molecule has 0 amide bonds. The van der Waals surface area contributed by atoms with E-state index in [0.717, 1.165) is 78.0 Å². The maximum atomic E-state index is 6.38. The Kier molecular flexibility index (Phi) is 7.22. The summed E-state index contributed by atoms with van der Waals surface area (Å²) in [6.07, 6.45) is 9.76. The summed E-state index contributed by atoms with van der Waals surface area (Å²) in [6, 6.07) is 40.6.